The number of para-hydroxylation sites is 1. The third-order valence-corrected chi connectivity index (χ3v) is 9.95. The van der Waals surface area contributed by atoms with Crippen LogP contribution >= 0.6 is 12.2 Å². The van der Waals surface area contributed by atoms with Crippen molar-refractivity contribution in [2.45, 2.75) is 68.3 Å². The molecule has 252 valence electrons. The summed E-state index contributed by atoms with van der Waals surface area (Å²) in [6.07, 6.45) is -4.27. The van der Waals surface area contributed by atoms with E-state index in [1.807, 2.05) is 54.6 Å². The highest BCUT2D eigenvalue weighted by Gasteiger charge is 2.44. The molecule has 48 heavy (non-hydrogen) atoms. The van der Waals surface area contributed by atoms with Crippen LogP contribution in [0.4, 0.5) is 10.1 Å². The summed E-state index contributed by atoms with van der Waals surface area (Å²) < 4.78 is 19.1. The second-order valence-electron chi connectivity index (χ2n) is 12.7. The van der Waals surface area contributed by atoms with Gasteiger partial charge in [0.05, 0.1) is 23.7 Å². The molecule has 2 aliphatic rings. The Bertz CT molecular complexity index is 1690. The number of thiocarbonyl (C=S) groups is 1. The van der Waals surface area contributed by atoms with Gasteiger partial charge in [-0.05, 0) is 71.3 Å². The van der Waals surface area contributed by atoms with E-state index in [1.165, 1.54) is 12.1 Å². The van der Waals surface area contributed by atoms with Crippen molar-refractivity contribution >= 4 is 22.9 Å². The van der Waals surface area contributed by atoms with Crippen LogP contribution in [0.25, 0.3) is 11.1 Å². The van der Waals surface area contributed by atoms with E-state index in [0.29, 0.717) is 30.4 Å². The predicted octanol–water partition coefficient (Wildman–Crippen LogP) is 5.51. The molecule has 0 spiro atoms. The number of aliphatic hydroxyl groups is 5. The molecule has 10 heteroatoms. The molecule has 8 nitrogen and oxygen atoms in total. The number of halogens is 1. The zero-order valence-electron chi connectivity index (χ0n) is 26.2. The number of aliphatic hydroxyl groups excluding tert-OH is 5. The van der Waals surface area contributed by atoms with Gasteiger partial charge in [-0.1, -0.05) is 85.4 Å². The zero-order chi connectivity index (χ0) is 33.9. The Hall–Kier alpha value is -3.74. The number of benzene rings is 4. The SMILES string of the molecule is OC[C@H]1O[C@@H](c2ccc(-c3ccc([C@@H]4[C@@H](CCC[C@@H](O)c5ccc(F)cc5)CC(=S)N4c4ccccc4)c(O)c3)cc2)[C@H](O)[C@@H](O)[C@@H]1O. The molecule has 2 saturated heterocycles. The van der Waals surface area contributed by atoms with Crippen molar-refractivity contribution in [3.05, 3.63) is 120 Å². The number of phenols is 1. The Morgan fingerprint density at radius 2 is 1.54 bits per heavy atom. The van der Waals surface area contributed by atoms with Crippen LogP contribution in [0.2, 0.25) is 0 Å². The Kier molecular flexibility index (Phi) is 10.5. The highest BCUT2D eigenvalue weighted by molar-refractivity contribution is 7.80. The number of ether oxygens (including phenoxy) is 1. The lowest BCUT2D eigenvalue weighted by molar-refractivity contribution is -0.231. The van der Waals surface area contributed by atoms with Gasteiger partial charge in [-0.15, -0.1) is 0 Å². The highest BCUT2D eigenvalue weighted by Crippen LogP contribution is 2.47. The number of hydrogen-bond acceptors (Lipinski definition) is 8. The predicted molar refractivity (Wildman–Crippen MR) is 184 cm³/mol. The molecule has 0 bridgehead atoms. The smallest absolute Gasteiger partial charge is 0.123 e. The van der Waals surface area contributed by atoms with Crippen molar-refractivity contribution in [3.8, 4) is 16.9 Å². The molecule has 4 aromatic rings. The van der Waals surface area contributed by atoms with Gasteiger partial charge in [0.1, 0.15) is 42.1 Å². The van der Waals surface area contributed by atoms with Crippen molar-refractivity contribution in [2.75, 3.05) is 11.5 Å². The molecule has 0 amide bonds. The fourth-order valence-electron chi connectivity index (χ4n) is 6.99. The summed E-state index contributed by atoms with van der Waals surface area (Å²) >= 11 is 5.90. The molecule has 6 N–H and O–H groups in total. The minimum Gasteiger partial charge on any atom is -0.508 e. The van der Waals surface area contributed by atoms with Gasteiger partial charge in [-0.25, -0.2) is 4.39 Å². The van der Waals surface area contributed by atoms with Crippen LogP contribution < -0.4 is 4.90 Å². The maximum Gasteiger partial charge on any atom is 0.123 e. The molecule has 6 rings (SSSR count). The van der Waals surface area contributed by atoms with Gasteiger partial charge in [0.25, 0.3) is 0 Å². The normalized spacial score (nSPS) is 26.5. The lowest BCUT2D eigenvalue weighted by Gasteiger charge is -2.40. The topological polar surface area (TPSA) is 134 Å². The Morgan fingerprint density at radius 1 is 0.854 bits per heavy atom. The third kappa shape index (κ3) is 7.02. The minimum absolute atomic E-state index is 0.0766. The van der Waals surface area contributed by atoms with E-state index in [9.17, 15) is 35.0 Å². The molecule has 2 fully saturated rings. The van der Waals surface area contributed by atoms with Gasteiger partial charge < -0.3 is 40.3 Å². The zero-order valence-corrected chi connectivity index (χ0v) is 27.0. The van der Waals surface area contributed by atoms with Crippen LogP contribution in [0.1, 0.15) is 60.6 Å². The monoisotopic (exact) mass is 673 g/mol. The maximum absolute atomic E-state index is 13.4. The van der Waals surface area contributed by atoms with Crippen LogP contribution in [-0.2, 0) is 4.74 Å². The van der Waals surface area contributed by atoms with E-state index in [4.69, 9.17) is 17.0 Å². The molecule has 0 unspecified atom stereocenters. The van der Waals surface area contributed by atoms with Crippen LogP contribution in [0, 0.1) is 11.7 Å². The van der Waals surface area contributed by atoms with Gasteiger partial charge in [-0.3, -0.25) is 0 Å². The third-order valence-electron chi connectivity index (χ3n) is 9.59. The minimum atomic E-state index is -1.47. The average molecular weight is 674 g/mol. The Balaban J connectivity index is 1.22. The first-order valence-corrected chi connectivity index (χ1v) is 16.6. The van der Waals surface area contributed by atoms with Crippen LogP contribution in [0.5, 0.6) is 5.75 Å². The standard InChI is InChI=1S/C38H40FNO7S/c39-27-16-13-23(14-17-27)30(42)8-4-5-26-20-33(48)40(28-6-2-1-3-7-28)34(26)29-18-15-25(19-31(29)43)22-9-11-24(12-10-22)38-37(46)36(45)35(44)32(21-41)47-38/h1-3,6-7,9-19,26,30,32,34-38,41-46H,4-5,8,20-21H2/t26-,30+,32+,34-,35+,36-,37+,38-/m0/s1. The van der Waals surface area contributed by atoms with Gasteiger partial charge in [0.15, 0.2) is 0 Å². The first-order chi connectivity index (χ1) is 23.2. The van der Waals surface area contributed by atoms with Crippen molar-refractivity contribution < 1.29 is 39.8 Å². The molecular weight excluding hydrogens is 633 g/mol. The van der Waals surface area contributed by atoms with Gasteiger partial charge in [0.2, 0.25) is 0 Å². The molecule has 2 heterocycles. The van der Waals surface area contributed by atoms with Crippen LogP contribution in [0.3, 0.4) is 0 Å². The molecular formula is C38H40FNO7S. The molecule has 0 aromatic heterocycles. The quantitative estimate of drug-likeness (QED) is 0.121. The summed E-state index contributed by atoms with van der Waals surface area (Å²) in [7, 11) is 0. The molecule has 8 atom stereocenters. The van der Waals surface area contributed by atoms with E-state index in [-0.39, 0.29) is 23.5 Å². The van der Waals surface area contributed by atoms with E-state index >= 15 is 0 Å². The van der Waals surface area contributed by atoms with Crippen molar-refractivity contribution in [1.82, 2.24) is 0 Å². The van der Waals surface area contributed by atoms with Gasteiger partial charge in [0, 0.05) is 17.7 Å². The van der Waals surface area contributed by atoms with Crippen LogP contribution in [-0.4, -0.2) is 66.7 Å². The first-order valence-electron chi connectivity index (χ1n) is 16.2. The second kappa shape index (κ2) is 14.8. The molecule has 0 aliphatic carbocycles. The lowest BCUT2D eigenvalue weighted by Crippen LogP contribution is -2.55. The van der Waals surface area contributed by atoms with E-state index in [1.54, 1.807) is 30.3 Å². The molecule has 0 saturated carbocycles. The fourth-order valence-corrected chi connectivity index (χ4v) is 7.42. The lowest BCUT2D eigenvalue weighted by atomic mass is 9.87. The van der Waals surface area contributed by atoms with Crippen molar-refractivity contribution in [3.63, 3.8) is 0 Å². The number of nitrogens with zero attached hydrogens (tertiary/aromatic N) is 1. The Morgan fingerprint density at radius 3 is 2.21 bits per heavy atom. The summed E-state index contributed by atoms with van der Waals surface area (Å²) in [5, 5.41) is 62.6. The first kappa shape index (κ1) is 34.1. The Labute approximate surface area is 284 Å². The average Bonchev–Trinajstić information content (AvgIpc) is 3.43. The largest absolute Gasteiger partial charge is 0.508 e. The van der Waals surface area contributed by atoms with E-state index < -0.39 is 43.2 Å². The number of rotatable bonds is 10. The maximum atomic E-state index is 13.4. The number of anilines is 1. The van der Waals surface area contributed by atoms with E-state index in [0.717, 1.165) is 33.8 Å². The van der Waals surface area contributed by atoms with Crippen molar-refractivity contribution in [2.24, 2.45) is 5.92 Å². The van der Waals surface area contributed by atoms with Gasteiger partial charge >= 0.3 is 0 Å². The second-order valence-corrected chi connectivity index (χ2v) is 13.1. The molecule has 2 aliphatic heterocycles. The molecule has 0 radical (unpaired) electrons. The van der Waals surface area contributed by atoms with Crippen molar-refractivity contribution in [1.29, 1.82) is 0 Å². The highest BCUT2D eigenvalue weighted by atomic mass is 32.1. The number of aromatic hydroxyl groups is 1. The van der Waals surface area contributed by atoms with Gasteiger partial charge in [-0.2, -0.15) is 0 Å². The summed E-state index contributed by atoms with van der Waals surface area (Å²) in [5.41, 5.74) is 4.50. The summed E-state index contributed by atoms with van der Waals surface area (Å²) in [5.74, 6) is -0.143. The summed E-state index contributed by atoms with van der Waals surface area (Å²) in [6.45, 7) is -0.503. The fraction of sp³-hybridized carbons (Fsp3) is 0.342. The summed E-state index contributed by atoms with van der Waals surface area (Å²) in [4.78, 5) is 2.89. The molecule has 4 aromatic carbocycles. The van der Waals surface area contributed by atoms with Crippen LogP contribution in [0.15, 0.2) is 97.1 Å². The summed E-state index contributed by atoms with van der Waals surface area (Å²) in [6, 6.07) is 28.3. The number of phenolic OH excluding ortho intramolecular Hbond substituents is 1. The van der Waals surface area contributed by atoms with E-state index in [2.05, 4.69) is 4.90 Å². The number of hydrogen-bond donors (Lipinski definition) is 6.